The van der Waals surface area contributed by atoms with Gasteiger partial charge in [0.15, 0.2) is 17.5 Å². The van der Waals surface area contributed by atoms with Crippen LogP contribution in [0.1, 0.15) is 53.1 Å². The number of hydrogen-bond donors (Lipinski definition) is 2. The highest BCUT2D eigenvalue weighted by atomic mass is 16.5. The molecule has 0 radical (unpaired) electrons. The number of benzene rings is 1. The number of nitrogens with two attached hydrogens (primary N) is 1. The first-order valence-corrected chi connectivity index (χ1v) is 8.43. The molecule has 5 heteroatoms. The summed E-state index contributed by atoms with van der Waals surface area (Å²) in [6, 6.07) is 6.13. The quantitative estimate of drug-likeness (QED) is 0.731. The van der Waals surface area contributed by atoms with Gasteiger partial charge in [0.25, 0.3) is 5.91 Å². The molecule has 1 aromatic rings. The summed E-state index contributed by atoms with van der Waals surface area (Å²) in [7, 11) is 0. The Morgan fingerprint density at radius 2 is 1.70 bits per heavy atom. The van der Waals surface area contributed by atoms with E-state index in [2.05, 4.69) is 17.6 Å². The summed E-state index contributed by atoms with van der Waals surface area (Å²) >= 11 is 0. The monoisotopic (exact) mass is 323 g/mol. The van der Waals surface area contributed by atoms with Gasteiger partial charge in [-0.25, -0.2) is 0 Å². The summed E-state index contributed by atoms with van der Waals surface area (Å²) in [6.07, 6.45) is 0. The van der Waals surface area contributed by atoms with Gasteiger partial charge >= 0.3 is 0 Å². The van der Waals surface area contributed by atoms with Crippen molar-refractivity contribution in [2.75, 3.05) is 13.2 Å². The fourth-order valence-corrected chi connectivity index (χ4v) is 2.40. The first-order chi connectivity index (χ1) is 10.9. The molecule has 1 amide bonds. The molecule has 23 heavy (non-hydrogen) atoms. The Bertz CT molecular complexity index is 503. The predicted octanol–water partition coefficient (Wildman–Crippen LogP) is 2.02. The zero-order valence-electron chi connectivity index (χ0n) is 15.2. The van der Waals surface area contributed by atoms with Gasteiger partial charge in [-0.15, -0.1) is 0 Å². The molecule has 0 saturated heterocycles. The molecule has 0 heterocycles. The van der Waals surface area contributed by atoms with Crippen LogP contribution in [0.4, 0.5) is 0 Å². The van der Waals surface area contributed by atoms with Crippen LogP contribution in [0.15, 0.2) is 18.2 Å². The maximum atomic E-state index is 12.0. The number of carbonyl (C=O) groups excluding carboxylic acids is 1. The van der Waals surface area contributed by atoms with Crippen molar-refractivity contribution < 1.29 is 19.6 Å². The summed E-state index contributed by atoms with van der Waals surface area (Å²) in [5, 5.41) is 5.00. The lowest BCUT2D eigenvalue weighted by atomic mass is 10.1. The van der Waals surface area contributed by atoms with E-state index >= 15 is 0 Å². The van der Waals surface area contributed by atoms with Crippen molar-refractivity contribution in [1.29, 1.82) is 0 Å². The molecule has 130 valence electrons. The minimum Gasteiger partial charge on any atom is -0.490 e. The zero-order valence-corrected chi connectivity index (χ0v) is 15.2. The van der Waals surface area contributed by atoms with Crippen molar-refractivity contribution in [3.63, 3.8) is 0 Å². The van der Waals surface area contributed by atoms with Crippen molar-refractivity contribution in [2.24, 2.45) is 0 Å². The molecule has 0 bridgehead atoms. The van der Waals surface area contributed by atoms with Crippen LogP contribution in [0, 0.1) is 0 Å². The molecule has 5 nitrogen and oxygen atoms in total. The molecule has 0 aliphatic rings. The van der Waals surface area contributed by atoms with Gasteiger partial charge in [0.05, 0.1) is 13.2 Å². The molecule has 0 aromatic heterocycles. The summed E-state index contributed by atoms with van der Waals surface area (Å²) in [5.41, 5.74) is 1.11. The third kappa shape index (κ3) is 6.10. The molecule has 0 unspecified atom stereocenters. The number of carbonyl (C=O) groups is 1. The molecule has 2 atom stereocenters. The van der Waals surface area contributed by atoms with E-state index in [1.54, 1.807) is 0 Å². The van der Waals surface area contributed by atoms with Crippen LogP contribution in [0.3, 0.4) is 0 Å². The number of hydrogen-bond acceptors (Lipinski definition) is 3. The number of quaternary nitrogens is 1. The highest BCUT2D eigenvalue weighted by molar-refractivity contribution is 5.80. The second-order valence-electron chi connectivity index (χ2n) is 6.01. The second kappa shape index (κ2) is 9.40. The van der Waals surface area contributed by atoms with Crippen LogP contribution in [-0.2, 0) is 4.79 Å². The van der Waals surface area contributed by atoms with Crippen molar-refractivity contribution in [3.05, 3.63) is 23.8 Å². The van der Waals surface area contributed by atoms with Crippen LogP contribution in [0.5, 0.6) is 11.5 Å². The second-order valence-corrected chi connectivity index (χ2v) is 6.01. The highest BCUT2D eigenvalue weighted by Gasteiger charge is 2.21. The number of ether oxygens (including phenoxy) is 2. The van der Waals surface area contributed by atoms with Crippen LogP contribution in [-0.4, -0.2) is 31.2 Å². The first kappa shape index (κ1) is 19.3. The molecular weight excluding hydrogens is 292 g/mol. The summed E-state index contributed by atoms with van der Waals surface area (Å²) in [6.45, 7) is 13.0. The standard InChI is InChI=1S/C18H30N2O3/c1-7-22-16-10-9-15(11-17(16)23-8-2)13(5)20-14(6)18(21)19-12(3)4/h9-14,20H,7-8H2,1-6H3,(H,19,21)/p+1/t13-,14+/m0/s1. The SMILES string of the molecule is CCOc1ccc([C@H](C)[NH2+][C@H](C)C(=O)NC(C)C)cc1OCC. The molecule has 0 aliphatic carbocycles. The van der Waals surface area contributed by atoms with Crippen LogP contribution < -0.4 is 20.1 Å². The molecule has 0 aliphatic heterocycles. The largest absolute Gasteiger partial charge is 0.490 e. The lowest BCUT2D eigenvalue weighted by Crippen LogP contribution is -2.92. The lowest BCUT2D eigenvalue weighted by Gasteiger charge is -2.19. The van der Waals surface area contributed by atoms with Crippen molar-refractivity contribution in [3.8, 4) is 11.5 Å². The smallest absolute Gasteiger partial charge is 0.278 e. The van der Waals surface area contributed by atoms with Gasteiger partial charge in [-0.2, -0.15) is 0 Å². The van der Waals surface area contributed by atoms with E-state index in [0.717, 1.165) is 17.1 Å². The minimum absolute atomic E-state index is 0.0582. The average molecular weight is 323 g/mol. The van der Waals surface area contributed by atoms with Gasteiger partial charge in [0.1, 0.15) is 6.04 Å². The molecule has 0 spiro atoms. The van der Waals surface area contributed by atoms with Gasteiger partial charge in [-0.05, 0) is 59.7 Å². The van der Waals surface area contributed by atoms with Crippen molar-refractivity contribution in [2.45, 2.75) is 59.7 Å². The fourth-order valence-electron chi connectivity index (χ4n) is 2.40. The summed E-state index contributed by atoms with van der Waals surface area (Å²) in [4.78, 5) is 12.0. The van der Waals surface area contributed by atoms with E-state index in [1.165, 1.54) is 0 Å². The van der Waals surface area contributed by atoms with E-state index < -0.39 is 0 Å². The Kier molecular flexibility index (Phi) is 7.89. The van der Waals surface area contributed by atoms with Gasteiger partial charge < -0.3 is 20.1 Å². The Morgan fingerprint density at radius 1 is 1.09 bits per heavy atom. The number of nitrogens with one attached hydrogen (secondary N) is 1. The predicted molar refractivity (Wildman–Crippen MR) is 91.9 cm³/mol. The Hall–Kier alpha value is -1.75. The maximum Gasteiger partial charge on any atom is 0.278 e. The summed E-state index contributed by atoms with van der Waals surface area (Å²) in [5.74, 6) is 1.57. The van der Waals surface area contributed by atoms with E-state index in [9.17, 15) is 4.79 Å². The van der Waals surface area contributed by atoms with Crippen molar-refractivity contribution in [1.82, 2.24) is 5.32 Å². The number of amides is 1. The van der Waals surface area contributed by atoms with Gasteiger partial charge in [-0.3, -0.25) is 4.79 Å². The highest BCUT2D eigenvalue weighted by Crippen LogP contribution is 2.30. The van der Waals surface area contributed by atoms with Crippen LogP contribution in [0.25, 0.3) is 0 Å². The lowest BCUT2D eigenvalue weighted by molar-refractivity contribution is -0.710. The minimum atomic E-state index is -0.144. The Morgan fingerprint density at radius 3 is 2.26 bits per heavy atom. The molecule has 0 fully saturated rings. The van der Waals surface area contributed by atoms with Crippen LogP contribution in [0.2, 0.25) is 0 Å². The van der Waals surface area contributed by atoms with Gasteiger partial charge in [0, 0.05) is 11.6 Å². The van der Waals surface area contributed by atoms with E-state index in [1.807, 2.05) is 52.8 Å². The Labute approximate surface area is 139 Å². The Balaban J connectivity index is 2.80. The molecule has 3 N–H and O–H groups in total. The first-order valence-electron chi connectivity index (χ1n) is 8.43. The molecule has 0 saturated carbocycles. The summed E-state index contributed by atoms with van der Waals surface area (Å²) < 4.78 is 11.3. The van der Waals surface area contributed by atoms with Gasteiger partial charge in [-0.1, -0.05) is 0 Å². The fraction of sp³-hybridized carbons (Fsp3) is 0.611. The third-order valence-electron chi connectivity index (χ3n) is 3.52. The van der Waals surface area contributed by atoms with Gasteiger partial charge in [0.2, 0.25) is 0 Å². The zero-order chi connectivity index (χ0) is 17.4. The number of rotatable bonds is 9. The topological polar surface area (TPSA) is 64.2 Å². The van der Waals surface area contributed by atoms with E-state index in [0.29, 0.717) is 13.2 Å². The van der Waals surface area contributed by atoms with E-state index in [4.69, 9.17) is 9.47 Å². The van der Waals surface area contributed by atoms with Crippen LogP contribution >= 0.6 is 0 Å². The van der Waals surface area contributed by atoms with Crippen molar-refractivity contribution >= 4 is 5.91 Å². The maximum absolute atomic E-state index is 12.0. The molecular formula is C18H31N2O3+. The average Bonchev–Trinajstić information content (AvgIpc) is 2.48. The third-order valence-corrected chi connectivity index (χ3v) is 3.52. The van der Waals surface area contributed by atoms with E-state index in [-0.39, 0.29) is 24.0 Å². The molecule has 1 rings (SSSR count). The normalized spacial score (nSPS) is 13.5. The molecule has 1 aromatic carbocycles.